The van der Waals surface area contributed by atoms with E-state index in [9.17, 15) is 39.3 Å². The zero-order chi connectivity index (χ0) is 32.9. The van der Waals surface area contributed by atoms with Crippen LogP contribution in [-0.4, -0.2) is 113 Å². The van der Waals surface area contributed by atoms with Crippen LogP contribution in [-0.2, 0) is 24.0 Å². The Balaban J connectivity index is 5.77. The maximum atomic E-state index is 13.3. The monoisotopic (exact) mass is 618 g/mol. The average molecular weight is 619 g/mol. The number of aliphatic imine (C=N–C) groups is 1. The van der Waals surface area contributed by atoms with Gasteiger partial charge in [-0.2, -0.15) is 0 Å². The zero-order valence-electron chi connectivity index (χ0n) is 24.7. The van der Waals surface area contributed by atoms with E-state index in [2.05, 4.69) is 20.9 Å². The highest BCUT2D eigenvalue weighted by molar-refractivity contribution is 5.95. The number of carbonyl (C=O) groups excluding carboxylic acids is 4. The van der Waals surface area contributed by atoms with Crippen LogP contribution in [0.3, 0.4) is 0 Å². The fourth-order valence-corrected chi connectivity index (χ4v) is 3.83. The van der Waals surface area contributed by atoms with Crippen LogP contribution < -0.4 is 49.9 Å². The number of amides is 4. The van der Waals surface area contributed by atoms with Crippen LogP contribution >= 0.6 is 0 Å². The topological polar surface area (TPSA) is 337 Å². The summed E-state index contributed by atoms with van der Waals surface area (Å²) in [6.45, 7) is 1.16. The Morgan fingerprint density at radius 2 is 1.19 bits per heavy atom. The molecule has 248 valence electrons. The zero-order valence-corrected chi connectivity index (χ0v) is 24.7. The quantitative estimate of drug-likeness (QED) is 0.0290. The number of nitrogens with zero attached hydrogens (tertiary/aromatic N) is 1. The van der Waals surface area contributed by atoms with Gasteiger partial charge in [0, 0.05) is 6.54 Å². The predicted octanol–water partition coefficient (Wildman–Crippen LogP) is -4.98. The van der Waals surface area contributed by atoms with E-state index >= 15 is 0 Å². The van der Waals surface area contributed by atoms with E-state index in [1.807, 2.05) is 5.32 Å². The number of aliphatic hydroxyl groups is 2. The molecular weight excluding hydrogens is 568 g/mol. The molecule has 4 amide bonds. The van der Waals surface area contributed by atoms with Gasteiger partial charge in [-0.15, -0.1) is 0 Å². The molecule has 6 atom stereocenters. The number of carboxylic acids is 1. The highest BCUT2D eigenvalue weighted by atomic mass is 16.4. The minimum absolute atomic E-state index is 0.0905. The summed E-state index contributed by atoms with van der Waals surface area (Å²) in [6.07, 6.45) is 1.56. The Morgan fingerprint density at radius 3 is 1.65 bits per heavy atom. The fraction of sp³-hybridized carbons (Fsp3) is 0.760. The second-order valence-electron chi connectivity index (χ2n) is 10.1. The van der Waals surface area contributed by atoms with E-state index in [0.717, 1.165) is 6.92 Å². The summed E-state index contributed by atoms with van der Waals surface area (Å²) in [7, 11) is 0. The lowest BCUT2D eigenvalue weighted by molar-refractivity contribution is -0.145. The van der Waals surface area contributed by atoms with Crippen molar-refractivity contribution >= 4 is 35.6 Å². The number of unbranched alkanes of at least 4 members (excludes halogenated alkanes) is 2. The summed E-state index contributed by atoms with van der Waals surface area (Å²) in [5, 5.41) is 38.0. The van der Waals surface area contributed by atoms with Gasteiger partial charge >= 0.3 is 5.97 Å². The molecule has 0 unspecified atom stereocenters. The molecule has 0 aliphatic rings. The van der Waals surface area contributed by atoms with Gasteiger partial charge in [-0.3, -0.25) is 24.2 Å². The van der Waals surface area contributed by atoms with Crippen molar-refractivity contribution in [3.63, 3.8) is 0 Å². The molecule has 18 nitrogen and oxygen atoms in total. The van der Waals surface area contributed by atoms with Crippen molar-refractivity contribution < 1.29 is 39.3 Å². The van der Waals surface area contributed by atoms with Crippen molar-refractivity contribution in [2.75, 3.05) is 26.2 Å². The van der Waals surface area contributed by atoms with Gasteiger partial charge in [0.1, 0.15) is 18.1 Å². The van der Waals surface area contributed by atoms with Crippen molar-refractivity contribution in [3.8, 4) is 0 Å². The van der Waals surface area contributed by atoms with Gasteiger partial charge in [0.15, 0.2) is 12.0 Å². The lowest BCUT2D eigenvalue weighted by atomic mass is 10.0. The minimum atomic E-state index is -1.69. The number of hydrogen-bond donors (Lipinski definition) is 12. The first-order valence-corrected chi connectivity index (χ1v) is 14.2. The van der Waals surface area contributed by atoms with Crippen molar-refractivity contribution in [2.45, 2.75) is 94.6 Å². The molecule has 0 aromatic carbocycles. The van der Waals surface area contributed by atoms with E-state index in [1.54, 1.807) is 0 Å². The Bertz CT molecular complexity index is 916. The van der Waals surface area contributed by atoms with Crippen LogP contribution in [0.5, 0.6) is 0 Å². The van der Waals surface area contributed by atoms with Crippen molar-refractivity contribution in [3.05, 3.63) is 0 Å². The number of carboxylic acid groups (broad SMARTS) is 1. The highest BCUT2D eigenvalue weighted by Gasteiger charge is 2.32. The molecule has 0 aromatic heterocycles. The number of aliphatic carboxylic acids is 1. The molecule has 0 bridgehead atoms. The molecule has 0 aromatic rings. The van der Waals surface area contributed by atoms with Gasteiger partial charge in [0.25, 0.3) is 0 Å². The van der Waals surface area contributed by atoms with E-state index in [1.165, 1.54) is 0 Å². The third-order valence-electron chi connectivity index (χ3n) is 6.33. The number of carbonyl (C=O) groups is 5. The first-order valence-electron chi connectivity index (χ1n) is 14.2. The number of nitrogens with two attached hydrogens (primary N) is 5. The maximum Gasteiger partial charge on any atom is 0.328 e. The summed E-state index contributed by atoms with van der Waals surface area (Å²) in [6, 6.07) is -6.52. The van der Waals surface area contributed by atoms with Crippen molar-refractivity contribution in [2.24, 2.45) is 33.7 Å². The van der Waals surface area contributed by atoms with Crippen LogP contribution in [0.15, 0.2) is 4.99 Å². The van der Waals surface area contributed by atoms with Gasteiger partial charge in [0.05, 0.1) is 18.8 Å². The normalized spacial score (nSPS) is 15.1. The Labute approximate surface area is 250 Å². The molecule has 0 heterocycles. The summed E-state index contributed by atoms with van der Waals surface area (Å²) in [5.74, 6) is -4.88. The van der Waals surface area contributed by atoms with Gasteiger partial charge in [-0.05, 0) is 65.0 Å². The molecule has 0 saturated heterocycles. The smallest absolute Gasteiger partial charge is 0.328 e. The number of hydrogen-bond acceptors (Lipinski definition) is 11. The number of aliphatic hydroxyl groups excluding tert-OH is 2. The Hall–Kier alpha value is -3.58. The first kappa shape index (κ1) is 39.4. The number of nitrogens with one attached hydrogen (secondary N) is 4. The fourth-order valence-electron chi connectivity index (χ4n) is 3.83. The molecule has 18 heteroatoms. The minimum Gasteiger partial charge on any atom is -0.480 e. The second kappa shape index (κ2) is 22.0. The van der Waals surface area contributed by atoms with Crippen LogP contribution in [0.4, 0.5) is 0 Å². The summed E-state index contributed by atoms with van der Waals surface area (Å²) < 4.78 is 0. The molecule has 0 fully saturated rings. The Kier molecular flexibility index (Phi) is 20.2. The largest absolute Gasteiger partial charge is 0.480 e. The van der Waals surface area contributed by atoms with E-state index in [4.69, 9.17) is 28.7 Å². The summed E-state index contributed by atoms with van der Waals surface area (Å²) in [5.41, 5.74) is 27.7. The molecule has 0 aliphatic heterocycles. The molecule has 0 radical (unpaired) electrons. The van der Waals surface area contributed by atoms with Crippen LogP contribution in [0.25, 0.3) is 0 Å². The first-order chi connectivity index (χ1) is 20.3. The van der Waals surface area contributed by atoms with Crippen molar-refractivity contribution in [1.82, 2.24) is 21.3 Å². The number of rotatable bonds is 23. The van der Waals surface area contributed by atoms with E-state index in [-0.39, 0.29) is 25.3 Å². The molecular formula is C25H50N10O8. The standard InChI is InChI=1S/C25H50N10O8/c1-14(37)19(24(42)43)35-23(41)18(13-36)34-22(40)16(8-3-5-11-27)33-21(39)17(9-6-12-31-25(29)30)32-20(38)15(28)7-2-4-10-26/h14-19,36-37H,2-13,26-28H2,1H3,(H,32,38)(H,33,39)(H,34,40)(H,35,41)(H,42,43)(H4,29,30,31)/t14-,15+,16+,17+,18+,19+/m1/s1. The van der Waals surface area contributed by atoms with Gasteiger partial charge in [-0.25, -0.2) is 4.79 Å². The van der Waals surface area contributed by atoms with E-state index < -0.39 is 72.5 Å². The lowest BCUT2D eigenvalue weighted by Gasteiger charge is -2.26. The average Bonchev–Trinajstić information content (AvgIpc) is 2.94. The lowest BCUT2D eigenvalue weighted by Crippen LogP contribution is -2.60. The van der Waals surface area contributed by atoms with Crippen LogP contribution in [0.2, 0.25) is 0 Å². The van der Waals surface area contributed by atoms with Gasteiger partial charge in [0.2, 0.25) is 23.6 Å². The number of guanidine groups is 1. The molecule has 43 heavy (non-hydrogen) atoms. The summed E-state index contributed by atoms with van der Waals surface area (Å²) >= 11 is 0. The van der Waals surface area contributed by atoms with Gasteiger partial charge < -0.3 is 65.3 Å². The third-order valence-corrected chi connectivity index (χ3v) is 6.33. The van der Waals surface area contributed by atoms with Crippen LogP contribution in [0.1, 0.15) is 58.3 Å². The SMILES string of the molecule is C[C@@H](O)[C@H](NC(=O)[C@H](CO)NC(=O)[C@H](CCCCN)NC(=O)[C@H](CCCN=C(N)N)NC(=O)[C@@H](N)CCCCN)C(=O)O. The van der Waals surface area contributed by atoms with E-state index in [0.29, 0.717) is 51.6 Å². The van der Waals surface area contributed by atoms with Crippen molar-refractivity contribution in [1.29, 1.82) is 0 Å². The Morgan fingerprint density at radius 1 is 0.721 bits per heavy atom. The highest BCUT2D eigenvalue weighted by Crippen LogP contribution is 2.07. The van der Waals surface area contributed by atoms with Crippen LogP contribution in [0, 0.1) is 0 Å². The molecule has 0 spiro atoms. The maximum absolute atomic E-state index is 13.3. The predicted molar refractivity (Wildman–Crippen MR) is 158 cm³/mol. The summed E-state index contributed by atoms with van der Waals surface area (Å²) in [4.78, 5) is 66.9. The third kappa shape index (κ3) is 16.6. The molecule has 0 saturated carbocycles. The molecule has 0 aliphatic carbocycles. The van der Waals surface area contributed by atoms with Gasteiger partial charge in [-0.1, -0.05) is 6.42 Å². The second-order valence-corrected chi connectivity index (χ2v) is 10.1. The molecule has 0 rings (SSSR count). The molecule has 17 N–H and O–H groups in total.